The first kappa shape index (κ1) is 13.8. The predicted molar refractivity (Wildman–Crippen MR) is 80.1 cm³/mol. The number of nitrogens with one attached hydrogen (secondary N) is 1. The smallest absolute Gasteiger partial charge is 0.221 e. The van der Waals surface area contributed by atoms with Gasteiger partial charge in [-0.3, -0.25) is 9.59 Å². The van der Waals surface area contributed by atoms with Crippen LogP contribution < -0.4 is 5.32 Å². The van der Waals surface area contributed by atoms with Crippen molar-refractivity contribution in [3.8, 4) is 0 Å². The second-order valence-corrected chi connectivity index (χ2v) is 5.89. The van der Waals surface area contributed by atoms with Crippen LogP contribution in [0.4, 0.5) is 5.69 Å². The Labute approximate surface area is 120 Å². The third-order valence-electron chi connectivity index (χ3n) is 2.32. The number of Topliss-reactive ketones (excluding diaryl/α,β-unsaturated/α-hetero) is 1. The summed E-state index contributed by atoms with van der Waals surface area (Å²) in [5, 5.41) is 4.62. The number of amides is 1. The summed E-state index contributed by atoms with van der Waals surface area (Å²) < 4.78 is 0. The minimum atomic E-state index is -0.100. The van der Waals surface area contributed by atoms with Gasteiger partial charge in [-0.25, -0.2) is 0 Å². The molecule has 0 unspecified atom stereocenters. The molecule has 0 fully saturated rings. The number of thiophene rings is 1. The van der Waals surface area contributed by atoms with E-state index < -0.39 is 0 Å². The highest BCUT2D eigenvalue weighted by molar-refractivity contribution is 8.00. The van der Waals surface area contributed by atoms with Crippen molar-refractivity contribution in [3.05, 3.63) is 46.7 Å². The average molecular weight is 291 g/mol. The quantitative estimate of drug-likeness (QED) is 0.675. The van der Waals surface area contributed by atoms with Crippen LogP contribution >= 0.6 is 23.1 Å². The number of carbonyl (C=O) groups excluding carboxylic acids is 2. The zero-order chi connectivity index (χ0) is 13.7. The van der Waals surface area contributed by atoms with E-state index in [4.69, 9.17) is 0 Å². The highest BCUT2D eigenvalue weighted by Crippen LogP contribution is 2.23. The van der Waals surface area contributed by atoms with Crippen LogP contribution in [-0.2, 0) is 4.79 Å². The first-order valence-corrected chi connectivity index (χ1v) is 7.59. The molecule has 1 heterocycles. The van der Waals surface area contributed by atoms with Gasteiger partial charge < -0.3 is 5.32 Å². The minimum absolute atomic E-state index is 0.100. The lowest BCUT2D eigenvalue weighted by atomic mass is 10.3. The second kappa shape index (κ2) is 6.54. The van der Waals surface area contributed by atoms with Gasteiger partial charge in [0.1, 0.15) is 0 Å². The van der Waals surface area contributed by atoms with Crippen molar-refractivity contribution in [2.75, 3.05) is 11.1 Å². The highest BCUT2D eigenvalue weighted by Gasteiger charge is 2.07. The molecular formula is C14H13NO2S2. The zero-order valence-corrected chi connectivity index (χ0v) is 12.0. The molecule has 1 aromatic heterocycles. The van der Waals surface area contributed by atoms with E-state index in [0.717, 1.165) is 15.5 Å². The van der Waals surface area contributed by atoms with Gasteiger partial charge in [-0.15, -0.1) is 23.1 Å². The van der Waals surface area contributed by atoms with Crippen LogP contribution in [0.2, 0.25) is 0 Å². The van der Waals surface area contributed by atoms with Crippen LogP contribution in [0, 0.1) is 0 Å². The Bertz CT molecular complexity index is 579. The molecule has 0 atom stereocenters. The van der Waals surface area contributed by atoms with Crippen molar-refractivity contribution >= 4 is 40.5 Å². The SMILES string of the molecule is CC(=O)Nc1cccc(SCC(=O)c2cccs2)c1. The van der Waals surface area contributed by atoms with Gasteiger partial charge >= 0.3 is 0 Å². The lowest BCUT2D eigenvalue weighted by Crippen LogP contribution is -2.05. The molecule has 2 aromatic rings. The summed E-state index contributed by atoms with van der Waals surface area (Å²) >= 11 is 2.93. The number of benzene rings is 1. The number of thioether (sulfide) groups is 1. The topological polar surface area (TPSA) is 46.2 Å². The molecule has 1 aromatic carbocycles. The maximum atomic E-state index is 11.9. The maximum Gasteiger partial charge on any atom is 0.221 e. The van der Waals surface area contributed by atoms with Gasteiger partial charge in [0.05, 0.1) is 10.6 Å². The van der Waals surface area contributed by atoms with E-state index in [9.17, 15) is 9.59 Å². The summed E-state index contributed by atoms with van der Waals surface area (Å²) in [5.74, 6) is 0.436. The van der Waals surface area contributed by atoms with Crippen LogP contribution in [0.3, 0.4) is 0 Å². The van der Waals surface area contributed by atoms with Crippen molar-refractivity contribution < 1.29 is 9.59 Å². The molecule has 0 radical (unpaired) electrons. The van der Waals surface area contributed by atoms with E-state index in [2.05, 4.69) is 5.32 Å². The molecule has 1 amide bonds. The predicted octanol–water partition coefficient (Wildman–Crippen LogP) is 3.68. The first-order chi connectivity index (χ1) is 9.15. The molecule has 0 saturated carbocycles. The van der Waals surface area contributed by atoms with Gasteiger partial charge in [0.15, 0.2) is 5.78 Å². The molecule has 5 heteroatoms. The number of anilines is 1. The summed E-state index contributed by atoms with van der Waals surface area (Å²) in [5.41, 5.74) is 0.751. The van der Waals surface area contributed by atoms with E-state index in [1.165, 1.54) is 30.0 Å². The second-order valence-electron chi connectivity index (χ2n) is 3.90. The molecule has 0 saturated heterocycles. The Balaban J connectivity index is 1.96. The van der Waals surface area contributed by atoms with Crippen molar-refractivity contribution in [1.82, 2.24) is 0 Å². The van der Waals surface area contributed by atoms with E-state index in [1.54, 1.807) is 0 Å². The molecule has 2 rings (SSSR count). The van der Waals surface area contributed by atoms with Gasteiger partial charge in [0.2, 0.25) is 5.91 Å². The Morgan fingerprint density at radius 3 is 2.79 bits per heavy atom. The molecular weight excluding hydrogens is 278 g/mol. The van der Waals surface area contributed by atoms with Crippen molar-refractivity contribution in [2.24, 2.45) is 0 Å². The lowest BCUT2D eigenvalue weighted by molar-refractivity contribution is -0.114. The molecule has 98 valence electrons. The van der Waals surface area contributed by atoms with E-state index in [-0.39, 0.29) is 11.7 Å². The summed E-state index contributed by atoms with van der Waals surface area (Å²) in [6, 6.07) is 11.2. The molecule has 1 N–H and O–H groups in total. The molecule has 0 spiro atoms. The zero-order valence-electron chi connectivity index (χ0n) is 10.4. The average Bonchev–Trinajstić information content (AvgIpc) is 2.89. The normalized spacial score (nSPS) is 10.2. The molecule has 0 bridgehead atoms. The van der Waals surface area contributed by atoms with Crippen LogP contribution in [0.5, 0.6) is 0 Å². The molecule has 0 aliphatic rings. The molecule has 0 aliphatic carbocycles. The fourth-order valence-electron chi connectivity index (χ4n) is 1.52. The van der Waals surface area contributed by atoms with Crippen molar-refractivity contribution in [2.45, 2.75) is 11.8 Å². The van der Waals surface area contributed by atoms with Gasteiger partial charge in [0, 0.05) is 17.5 Å². The number of hydrogen-bond donors (Lipinski definition) is 1. The van der Waals surface area contributed by atoms with E-state index >= 15 is 0 Å². The van der Waals surface area contributed by atoms with Crippen LogP contribution in [0.25, 0.3) is 0 Å². The van der Waals surface area contributed by atoms with E-state index in [0.29, 0.717) is 5.75 Å². The van der Waals surface area contributed by atoms with Crippen LogP contribution in [0.1, 0.15) is 16.6 Å². The monoisotopic (exact) mass is 291 g/mol. The summed E-state index contributed by atoms with van der Waals surface area (Å²) in [6.45, 7) is 1.47. The fraction of sp³-hybridized carbons (Fsp3) is 0.143. The number of rotatable bonds is 5. The summed E-state index contributed by atoms with van der Waals surface area (Å²) in [7, 11) is 0. The number of hydrogen-bond acceptors (Lipinski definition) is 4. The van der Waals surface area contributed by atoms with Gasteiger partial charge in [-0.2, -0.15) is 0 Å². The van der Waals surface area contributed by atoms with Gasteiger partial charge in [0.25, 0.3) is 0 Å². The minimum Gasteiger partial charge on any atom is -0.326 e. The maximum absolute atomic E-state index is 11.9. The Kier molecular flexibility index (Phi) is 4.76. The van der Waals surface area contributed by atoms with Crippen molar-refractivity contribution in [1.29, 1.82) is 0 Å². The largest absolute Gasteiger partial charge is 0.326 e. The standard InChI is InChI=1S/C14H13NO2S2/c1-10(16)15-11-4-2-5-12(8-11)19-9-13(17)14-6-3-7-18-14/h2-8H,9H2,1H3,(H,15,16). The molecule has 0 aliphatic heterocycles. The fourth-order valence-corrected chi connectivity index (χ4v) is 3.12. The van der Waals surface area contributed by atoms with Gasteiger partial charge in [-0.05, 0) is 29.6 Å². The summed E-state index contributed by atoms with van der Waals surface area (Å²) in [6.07, 6.45) is 0. The Hall–Kier alpha value is -1.59. The highest BCUT2D eigenvalue weighted by atomic mass is 32.2. The molecule has 19 heavy (non-hydrogen) atoms. The van der Waals surface area contributed by atoms with E-state index in [1.807, 2.05) is 41.8 Å². The van der Waals surface area contributed by atoms with Gasteiger partial charge in [-0.1, -0.05) is 12.1 Å². The number of carbonyl (C=O) groups is 2. The Morgan fingerprint density at radius 2 is 2.11 bits per heavy atom. The molecule has 3 nitrogen and oxygen atoms in total. The van der Waals surface area contributed by atoms with Crippen molar-refractivity contribution in [3.63, 3.8) is 0 Å². The summed E-state index contributed by atoms with van der Waals surface area (Å²) in [4.78, 5) is 24.6. The third kappa shape index (κ3) is 4.22. The number of ketones is 1. The third-order valence-corrected chi connectivity index (χ3v) is 4.23. The Morgan fingerprint density at radius 1 is 1.26 bits per heavy atom. The van der Waals surface area contributed by atoms with Crippen LogP contribution in [-0.4, -0.2) is 17.4 Å². The van der Waals surface area contributed by atoms with Crippen LogP contribution in [0.15, 0.2) is 46.7 Å². The lowest BCUT2D eigenvalue weighted by Gasteiger charge is -2.05. The first-order valence-electron chi connectivity index (χ1n) is 5.72.